The minimum Gasteiger partial charge on any atom is -0.484 e. The molecule has 0 aliphatic rings. The maximum atomic E-state index is 13.6. The Kier molecular flexibility index (Phi) is 4.90. The lowest BCUT2D eigenvalue weighted by atomic mass is 10.3. The number of halogens is 2. The number of hydrogen-bond donors (Lipinski definition) is 1. The average molecular weight is 325 g/mol. The maximum absolute atomic E-state index is 13.6. The predicted molar refractivity (Wildman–Crippen MR) is 78.6 cm³/mol. The lowest BCUT2D eigenvalue weighted by Gasteiger charge is -2.08. The molecular weight excluding hydrogens is 315 g/mol. The van der Waals surface area contributed by atoms with Crippen molar-refractivity contribution in [3.05, 3.63) is 63.4 Å². The van der Waals surface area contributed by atoms with Crippen molar-refractivity contribution in [1.82, 2.24) is 0 Å². The molecule has 0 aromatic heterocycles. The minimum absolute atomic E-state index is 0.0693. The van der Waals surface area contributed by atoms with Crippen molar-refractivity contribution in [3.63, 3.8) is 0 Å². The Hall–Kier alpha value is -2.67. The van der Waals surface area contributed by atoms with Crippen LogP contribution in [-0.2, 0) is 4.79 Å². The number of amides is 1. The zero-order chi connectivity index (χ0) is 16.1. The Bertz CT molecular complexity index is 724. The molecule has 0 aliphatic carbocycles. The Morgan fingerprint density at radius 1 is 1.32 bits per heavy atom. The van der Waals surface area contributed by atoms with Crippen LogP contribution in [0.2, 0.25) is 5.02 Å². The largest absolute Gasteiger partial charge is 0.484 e. The van der Waals surface area contributed by atoms with Crippen LogP contribution in [-0.4, -0.2) is 17.4 Å². The van der Waals surface area contributed by atoms with Crippen molar-refractivity contribution in [2.24, 2.45) is 0 Å². The van der Waals surface area contributed by atoms with Crippen molar-refractivity contribution < 1.29 is 18.8 Å². The number of anilines is 1. The van der Waals surface area contributed by atoms with Gasteiger partial charge in [-0.25, -0.2) is 4.39 Å². The van der Waals surface area contributed by atoms with E-state index >= 15 is 0 Å². The van der Waals surface area contributed by atoms with Gasteiger partial charge in [0.1, 0.15) is 5.75 Å². The molecule has 2 aromatic rings. The van der Waals surface area contributed by atoms with Crippen LogP contribution in [0.25, 0.3) is 0 Å². The van der Waals surface area contributed by atoms with Crippen LogP contribution in [0.4, 0.5) is 15.8 Å². The van der Waals surface area contributed by atoms with Crippen LogP contribution in [0, 0.1) is 15.9 Å². The third-order valence-electron chi connectivity index (χ3n) is 2.62. The minimum atomic E-state index is -0.743. The van der Waals surface area contributed by atoms with E-state index in [9.17, 15) is 19.3 Å². The van der Waals surface area contributed by atoms with Gasteiger partial charge in [0.25, 0.3) is 11.6 Å². The Balaban J connectivity index is 1.97. The van der Waals surface area contributed by atoms with Crippen LogP contribution >= 0.6 is 11.6 Å². The molecule has 2 aromatic carbocycles. The Morgan fingerprint density at radius 3 is 2.77 bits per heavy atom. The molecule has 0 bridgehead atoms. The number of nitro groups is 1. The van der Waals surface area contributed by atoms with E-state index < -0.39 is 23.3 Å². The first-order chi connectivity index (χ1) is 10.5. The number of carbonyl (C=O) groups excluding carboxylic acids is 1. The second-order valence-electron chi connectivity index (χ2n) is 4.19. The zero-order valence-corrected chi connectivity index (χ0v) is 11.8. The van der Waals surface area contributed by atoms with Gasteiger partial charge in [-0.15, -0.1) is 0 Å². The van der Waals surface area contributed by atoms with Gasteiger partial charge in [0.15, 0.2) is 12.4 Å². The maximum Gasteiger partial charge on any atom is 0.273 e. The van der Waals surface area contributed by atoms with E-state index in [0.717, 1.165) is 0 Å². The van der Waals surface area contributed by atoms with Gasteiger partial charge < -0.3 is 10.1 Å². The summed E-state index contributed by atoms with van der Waals surface area (Å²) in [5, 5.41) is 12.8. The molecule has 0 saturated carbocycles. The number of ether oxygens (including phenoxy) is 1. The zero-order valence-electron chi connectivity index (χ0n) is 11.1. The summed E-state index contributed by atoms with van der Waals surface area (Å²) in [6.07, 6.45) is 0. The van der Waals surface area contributed by atoms with Gasteiger partial charge in [0, 0.05) is 6.07 Å². The van der Waals surface area contributed by atoms with E-state index in [1.165, 1.54) is 42.5 Å². The van der Waals surface area contributed by atoms with Crippen LogP contribution in [0.1, 0.15) is 0 Å². The van der Waals surface area contributed by atoms with Crippen LogP contribution in [0.15, 0.2) is 42.5 Å². The number of hydrogen-bond acceptors (Lipinski definition) is 4. The molecule has 2 rings (SSSR count). The summed E-state index contributed by atoms with van der Waals surface area (Å²) >= 11 is 5.60. The summed E-state index contributed by atoms with van der Waals surface area (Å²) in [5.41, 5.74) is -0.223. The predicted octanol–water partition coefficient (Wildman–Crippen LogP) is 3.40. The number of benzene rings is 2. The average Bonchev–Trinajstić information content (AvgIpc) is 2.50. The molecule has 8 heteroatoms. The van der Waals surface area contributed by atoms with Crippen LogP contribution in [0.5, 0.6) is 5.75 Å². The third kappa shape index (κ3) is 3.92. The van der Waals surface area contributed by atoms with Gasteiger partial charge in [0.2, 0.25) is 0 Å². The number of carbonyl (C=O) groups is 1. The summed E-state index contributed by atoms with van der Waals surface area (Å²) in [7, 11) is 0. The van der Waals surface area contributed by atoms with Crippen molar-refractivity contribution in [2.45, 2.75) is 0 Å². The smallest absolute Gasteiger partial charge is 0.273 e. The fraction of sp³-hybridized carbons (Fsp3) is 0.0714. The van der Waals surface area contributed by atoms with E-state index in [-0.39, 0.29) is 22.1 Å². The second kappa shape index (κ2) is 6.86. The Labute approximate surface area is 129 Å². The summed E-state index contributed by atoms with van der Waals surface area (Å²) in [4.78, 5) is 21.7. The van der Waals surface area contributed by atoms with Crippen molar-refractivity contribution in [1.29, 1.82) is 0 Å². The summed E-state index contributed by atoms with van der Waals surface area (Å²) in [6, 6.07) is 9.59. The Morgan fingerprint density at radius 2 is 2.05 bits per heavy atom. The number of rotatable bonds is 5. The molecule has 114 valence electrons. The van der Waals surface area contributed by atoms with Crippen LogP contribution < -0.4 is 10.1 Å². The van der Waals surface area contributed by atoms with Gasteiger partial charge in [-0.2, -0.15) is 0 Å². The highest BCUT2D eigenvalue weighted by atomic mass is 35.5. The molecule has 0 heterocycles. The number of nitrogens with one attached hydrogen (secondary N) is 1. The summed E-state index contributed by atoms with van der Waals surface area (Å²) in [5.74, 6) is -1.20. The fourth-order valence-corrected chi connectivity index (χ4v) is 1.80. The normalized spacial score (nSPS) is 10.1. The fourth-order valence-electron chi connectivity index (χ4n) is 1.62. The lowest BCUT2D eigenvalue weighted by molar-refractivity contribution is -0.384. The number of nitrogens with zero attached hydrogens (tertiary/aromatic N) is 1. The van der Waals surface area contributed by atoms with Gasteiger partial charge in [-0.05, 0) is 18.2 Å². The highest BCUT2D eigenvalue weighted by Crippen LogP contribution is 2.22. The molecule has 1 N–H and O–H groups in total. The monoisotopic (exact) mass is 324 g/mol. The van der Waals surface area contributed by atoms with Gasteiger partial charge >= 0.3 is 0 Å². The molecule has 22 heavy (non-hydrogen) atoms. The molecule has 0 unspecified atom stereocenters. The number of non-ortho nitro benzene ring substituents is 1. The van der Waals surface area contributed by atoms with Crippen molar-refractivity contribution in [3.8, 4) is 5.75 Å². The van der Waals surface area contributed by atoms with E-state index in [4.69, 9.17) is 16.3 Å². The SMILES string of the molecule is O=C(COc1cccc([N+](=O)[O-])c1)Nc1cccc(Cl)c1F. The standard InChI is InChI=1S/C14H10ClFN2O4/c15-11-5-2-6-12(14(11)16)17-13(19)8-22-10-4-1-3-9(7-10)18(20)21/h1-7H,8H2,(H,17,19). The molecule has 0 atom stereocenters. The highest BCUT2D eigenvalue weighted by molar-refractivity contribution is 6.31. The van der Waals surface area contributed by atoms with Gasteiger partial charge in [-0.1, -0.05) is 23.7 Å². The second-order valence-corrected chi connectivity index (χ2v) is 4.60. The lowest BCUT2D eigenvalue weighted by Crippen LogP contribution is -2.20. The number of nitro benzene ring substituents is 1. The first kappa shape index (κ1) is 15.7. The molecule has 0 aliphatic heterocycles. The summed E-state index contributed by atoms with van der Waals surface area (Å²) in [6.45, 7) is -0.423. The van der Waals surface area contributed by atoms with E-state index in [0.29, 0.717) is 0 Å². The quantitative estimate of drug-likeness (QED) is 0.675. The van der Waals surface area contributed by atoms with E-state index in [1.807, 2.05) is 0 Å². The van der Waals surface area contributed by atoms with Gasteiger partial charge in [0.05, 0.1) is 21.7 Å². The molecule has 0 saturated heterocycles. The van der Waals surface area contributed by atoms with E-state index in [2.05, 4.69) is 5.32 Å². The van der Waals surface area contributed by atoms with E-state index in [1.54, 1.807) is 0 Å². The highest BCUT2D eigenvalue weighted by Gasteiger charge is 2.11. The molecule has 1 amide bonds. The summed E-state index contributed by atoms with van der Waals surface area (Å²) < 4.78 is 18.7. The molecule has 6 nitrogen and oxygen atoms in total. The molecule has 0 radical (unpaired) electrons. The first-order valence-corrected chi connectivity index (χ1v) is 6.46. The van der Waals surface area contributed by atoms with Crippen molar-refractivity contribution in [2.75, 3.05) is 11.9 Å². The first-order valence-electron chi connectivity index (χ1n) is 6.08. The topological polar surface area (TPSA) is 81.5 Å². The molecule has 0 fully saturated rings. The van der Waals surface area contributed by atoms with Crippen molar-refractivity contribution >= 4 is 28.9 Å². The van der Waals surface area contributed by atoms with Crippen LogP contribution in [0.3, 0.4) is 0 Å². The molecule has 0 spiro atoms. The molecular formula is C14H10ClFN2O4. The third-order valence-corrected chi connectivity index (χ3v) is 2.92. The van der Waals surface area contributed by atoms with Gasteiger partial charge in [-0.3, -0.25) is 14.9 Å².